The third kappa shape index (κ3) is 2.47. The van der Waals surface area contributed by atoms with E-state index in [0.29, 0.717) is 5.75 Å². The number of non-ortho nitro benzene ring substituents is 1. The largest absolute Gasteiger partial charge is 0.454 e. The number of nitro groups is 1. The summed E-state index contributed by atoms with van der Waals surface area (Å²) in [5, 5.41) is 19.7. The lowest BCUT2D eigenvalue weighted by molar-refractivity contribution is -0.384. The van der Waals surface area contributed by atoms with Crippen LogP contribution < -0.4 is 9.47 Å². The van der Waals surface area contributed by atoms with E-state index in [9.17, 15) is 10.1 Å². The van der Waals surface area contributed by atoms with Crippen molar-refractivity contribution in [3.05, 3.63) is 63.2 Å². The summed E-state index contributed by atoms with van der Waals surface area (Å²) in [7, 11) is 0. The van der Waals surface area contributed by atoms with E-state index in [0.717, 1.165) is 28.9 Å². The molecule has 0 aliphatic carbocycles. The average Bonchev–Trinajstić information content (AvgIpc) is 2.96. The molecule has 24 heavy (non-hydrogen) atoms. The van der Waals surface area contributed by atoms with Crippen LogP contribution in [0.15, 0.2) is 46.6 Å². The molecule has 2 aliphatic rings. The first kappa shape index (κ1) is 14.6. The van der Waals surface area contributed by atoms with Crippen molar-refractivity contribution in [3.8, 4) is 11.5 Å². The van der Waals surface area contributed by atoms with E-state index < -0.39 is 4.92 Å². The SMILES string of the molecule is CC1Cc2cc3c(cc2C(c2ccc([N+](=O)[O-])cc2)N=N1)OCO3. The Bertz CT molecular complexity index is 832. The highest BCUT2D eigenvalue weighted by atomic mass is 16.7. The van der Waals surface area contributed by atoms with Crippen LogP contribution in [-0.2, 0) is 6.42 Å². The van der Waals surface area contributed by atoms with Crippen LogP contribution in [-0.4, -0.2) is 17.8 Å². The number of benzene rings is 2. The Balaban J connectivity index is 1.80. The number of rotatable bonds is 2. The van der Waals surface area contributed by atoms with Crippen LogP contribution in [0.25, 0.3) is 0 Å². The van der Waals surface area contributed by atoms with Gasteiger partial charge in [0.25, 0.3) is 5.69 Å². The molecule has 2 heterocycles. The number of hydrogen-bond acceptors (Lipinski definition) is 6. The maximum atomic E-state index is 10.8. The van der Waals surface area contributed by atoms with Gasteiger partial charge in [0.05, 0.1) is 11.0 Å². The highest BCUT2D eigenvalue weighted by Gasteiger charge is 2.26. The Labute approximate surface area is 138 Å². The fourth-order valence-electron chi connectivity index (χ4n) is 3.06. The van der Waals surface area contributed by atoms with Gasteiger partial charge in [0.1, 0.15) is 6.04 Å². The summed E-state index contributed by atoms with van der Waals surface area (Å²) >= 11 is 0. The molecule has 122 valence electrons. The maximum absolute atomic E-state index is 10.8. The zero-order chi connectivity index (χ0) is 16.7. The quantitative estimate of drug-likeness (QED) is 0.620. The van der Waals surface area contributed by atoms with Gasteiger partial charge in [-0.2, -0.15) is 10.2 Å². The van der Waals surface area contributed by atoms with Gasteiger partial charge in [-0.3, -0.25) is 10.1 Å². The minimum absolute atomic E-state index is 0.0589. The van der Waals surface area contributed by atoms with Crippen LogP contribution in [0.1, 0.15) is 29.7 Å². The Hall–Kier alpha value is -2.96. The first-order chi connectivity index (χ1) is 11.6. The minimum Gasteiger partial charge on any atom is -0.454 e. The lowest BCUT2D eigenvalue weighted by atomic mass is 9.92. The molecule has 4 rings (SSSR count). The summed E-state index contributed by atoms with van der Waals surface area (Å²) in [5.41, 5.74) is 3.03. The van der Waals surface area contributed by atoms with Crippen molar-refractivity contribution < 1.29 is 14.4 Å². The summed E-state index contributed by atoms with van der Waals surface area (Å²) in [6.07, 6.45) is 0.763. The van der Waals surface area contributed by atoms with Crippen LogP contribution >= 0.6 is 0 Å². The second-order valence-electron chi connectivity index (χ2n) is 5.94. The van der Waals surface area contributed by atoms with Gasteiger partial charge in [-0.15, -0.1) is 0 Å². The summed E-state index contributed by atoms with van der Waals surface area (Å²) in [5.74, 6) is 1.44. The maximum Gasteiger partial charge on any atom is 0.269 e. The number of nitro benzene ring substituents is 1. The van der Waals surface area contributed by atoms with Crippen LogP contribution in [0.5, 0.6) is 11.5 Å². The predicted molar refractivity (Wildman–Crippen MR) is 85.5 cm³/mol. The zero-order valence-electron chi connectivity index (χ0n) is 13.0. The molecule has 0 amide bonds. The molecule has 2 atom stereocenters. The Morgan fingerprint density at radius 3 is 2.54 bits per heavy atom. The topological polar surface area (TPSA) is 86.3 Å². The van der Waals surface area contributed by atoms with Gasteiger partial charge in [-0.1, -0.05) is 0 Å². The van der Waals surface area contributed by atoms with E-state index in [1.165, 1.54) is 12.1 Å². The Kier molecular flexibility index (Phi) is 3.41. The van der Waals surface area contributed by atoms with Crippen molar-refractivity contribution >= 4 is 5.69 Å². The van der Waals surface area contributed by atoms with Gasteiger partial charge in [-0.05, 0) is 54.3 Å². The summed E-state index contributed by atoms with van der Waals surface area (Å²) < 4.78 is 10.9. The van der Waals surface area contributed by atoms with E-state index in [1.54, 1.807) is 12.1 Å². The standard InChI is InChI=1S/C17H15N3O4/c1-10-6-12-7-15-16(24-9-23-15)8-14(12)17(19-18-10)11-2-4-13(5-3-11)20(21)22/h2-5,7-8,10,17H,6,9H2,1H3. The van der Waals surface area contributed by atoms with E-state index in [-0.39, 0.29) is 24.6 Å². The van der Waals surface area contributed by atoms with Crippen LogP contribution in [0.2, 0.25) is 0 Å². The lowest BCUT2D eigenvalue weighted by Gasteiger charge is -2.15. The molecule has 2 unspecified atom stereocenters. The number of hydrogen-bond donors (Lipinski definition) is 0. The van der Waals surface area contributed by atoms with Crippen molar-refractivity contribution in [1.29, 1.82) is 0 Å². The van der Waals surface area contributed by atoms with Crippen molar-refractivity contribution in [2.24, 2.45) is 10.2 Å². The molecule has 2 aromatic rings. The first-order valence-electron chi connectivity index (χ1n) is 7.68. The minimum atomic E-state index is -0.410. The van der Waals surface area contributed by atoms with Crippen molar-refractivity contribution in [1.82, 2.24) is 0 Å². The van der Waals surface area contributed by atoms with E-state index >= 15 is 0 Å². The summed E-state index contributed by atoms with van der Waals surface area (Å²) in [6, 6.07) is 10.1. The highest BCUT2D eigenvalue weighted by Crippen LogP contribution is 2.41. The molecule has 2 aromatic carbocycles. The monoisotopic (exact) mass is 325 g/mol. The molecule has 0 saturated carbocycles. The fraction of sp³-hybridized carbons (Fsp3) is 0.294. The van der Waals surface area contributed by atoms with Gasteiger partial charge >= 0.3 is 0 Å². The Morgan fingerprint density at radius 2 is 1.83 bits per heavy atom. The Morgan fingerprint density at radius 1 is 1.12 bits per heavy atom. The third-order valence-electron chi connectivity index (χ3n) is 4.24. The van der Waals surface area contributed by atoms with Crippen LogP contribution in [0.3, 0.4) is 0 Å². The van der Waals surface area contributed by atoms with Gasteiger partial charge < -0.3 is 9.47 Å². The van der Waals surface area contributed by atoms with Crippen molar-refractivity contribution in [3.63, 3.8) is 0 Å². The molecule has 0 spiro atoms. The van der Waals surface area contributed by atoms with Gasteiger partial charge in [0.2, 0.25) is 6.79 Å². The molecular weight excluding hydrogens is 310 g/mol. The molecule has 2 aliphatic heterocycles. The predicted octanol–water partition coefficient (Wildman–Crippen LogP) is 3.81. The molecular formula is C17H15N3O4. The summed E-state index contributed by atoms with van der Waals surface area (Å²) in [4.78, 5) is 10.4. The zero-order valence-corrected chi connectivity index (χ0v) is 13.0. The third-order valence-corrected chi connectivity index (χ3v) is 4.24. The molecule has 0 bridgehead atoms. The molecule has 0 saturated heterocycles. The second-order valence-corrected chi connectivity index (χ2v) is 5.94. The van der Waals surface area contributed by atoms with E-state index in [2.05, 4.69) is 10.2 Å². The number of nitrogens with zero attached hydrogens (tertiary/aromatic N) is 3. The molecule has 0 fully saturated rings. The first-order valence-corrected chi connectivity index (χ1v) is 7.68. The molecule has 7 nitrogen and oxygen atoms in total. The van der Waals surface area contributed by atoms with Gasteiger partial charge in [0, 0.05) is 12.1 Å². The molecule has 0 aromatic heterocycles. The number of ether oxygens (including phenoxy) is 2. The van der Waals surface area contributed by atoms with Crippen LogP contribution in [0.4, 0.5) is 5.69 Å². The smallest absolute Gasteiger partial charge is 0.269 e. The second kappa shape index (κ2) is 5.59. The fourth-order valence-corrected chi connectivity index (χ4v) is 3.06. The number of fused-ring (bicyclic) bond motifs is 2. The molecule has 0 N–H and O–H groups in total. The normalized spacial score (nSPS) is 21.2. The van der Waals surface area contributed by atoms with Crippen molar-refractivity contribution in [2.75, 3.05) is 6.79 Å². The molecule has 0 radical (unpaired) electrons. The molecule has 7 heteroatoms. The van der Waals surface area contributed by atoms with Gasteiger partial charge in [0.15, 0.2) is 11.5 Å². The van der Waals surface area contributed by atoms with E-state index in [4.69, 9.17) is 9.47 Å². The van der Waals surface area contributed by atoms with Gasteiger partial charge in [-0.25, -0.2) is 0 Å². The van der Waals surface area contributed by atoms with Crippen molar-refractivity contribution in [2.45, 2.75) is 25.4 Å². The lowest BCUT2D eigenvalue weighted by Crippen LogP contribution is -2.04. The van der Waals surface area contributed by atoms with Crippen LogP contribution in [0, 0.1) is 10.1 Å². The highest BCUT2D eigenvalue weighted by molar-refractivity contribution is 5.52. The average molecular weight is 325 g/mol. The summed E-state index contributed by atoms with van der Waals surface area (Å²) in [6.45, 7) is 2.23. The van der Waals surface area contributed by atoms with E-state index in [1.807, 2.05) is 19.1 Å². The number of azo groups is 1.